The van der Waals surface area contributed by atoms with Crippen molar-refractivity contribution in [1.82, 2.24) is 9.55 Å². The van der Waals surface area contributed by atoms with Gasteiger partial charge in [-0.25, -0.2) is 4.79 Å². The van der Waals surface area contributed by atoms with Crippen LogP contribution < -0.4 is 11.2 Å². The number of H-pyrrole nitrogens is 1. The number of hydrogen-bond acceptors (Lipinski definition) is 7. The fourth-order valence-electron chi connectivity index (χ4n) is 1.97. The van der Waals surface area contributed by atoms with Crippen molar-refractivity contribution in [1.29, 1.82) is 0 Å². The molecule has 0 bridgehead atoms. The average molecular weight is 272 g/mol. The molecular weight excluding hydrogens is 260 g/mol. The van der Waals surface area contributed by atoms with Gasteiger partial charge in [0.1, 0.15) is 18.3 Å². The van der Waals surface area contributed by atoms with Gasteiger partial charge in [-0.1, -0.05) is 0 Å². The fourth-order valence-corrected chi connectivity index (χ4v) is 1.97. The van der Waals surface area contributed by atoms with Crippen LogP contribution in [-0.4, -0.2) is 56.1 Å². The van der Waals surface area contributed by atoms with E-state index in [-0.39, 0.29) is 12.0 Å². The van der Waals surface area contributed by atoms with E-state index < -0.39 is 42.4 Å². The molecule has 0 aromatic carbocycles. The number of nitrogens with one attached hydrogen (secondary N) is 1. The maximum atomic E-state index is 11.7. The van der Waals surface area contributed by atoms with Gasteiger partial charge >= 0.3 is 5.69 Å². The highest BCUT2D eigenvalue weighted by atomic mass is 16.6. The van der Waals surface area contributed by atoms with E-state index in [0.29, 0.717) is 0 Å². The summed E-state index contributed by atoms with van der Waals surface area (Å²) in [6, 6.07) is 0.864. The second kappa shape index (κ2) is 5.05. The Morgan fingerprint density at radius 3 is 2.58 bits per heavy atom. The lowest BCUT2D eigenvalue weighted by atomic mass is 10.1. The van der Waals surface area contributed by atoms with Crippen LogP contribution in [0.1, 0.15) is 16.7 Å². The third-order valence-electron chi connectivity index (χ3n) is 2.90. The van der Waals surface area contributed by atoms with Crippen molar-refractivity contribution in [3.05, 3.63) is 32.6 Å². The number of hydrogen-bond donors (Lipinski definition) is 4. The lowest BCUT2D eigenvalue weighted by Gasteiger charge is -2.18. The van der Waals surface area contributed by atoms with Crippen molar-refractivity contribution in [3.63, 3.8) is 0 Å². The summed E-state index contributed by atoms with van der Waals surface area (Å²) in [4.78, 5) is 35.5. The summed E-state index contributed by atoms with van der Waals surface area (Å²) in [5.41, 5.74) is -2.02. The first-order valence-electron chi connectivity index (χ1n) is 5.43. The summed E-state index contributed by atoms with van der Waals surface area (Å²) >= 11 is 0. The van der Waals surface area contributed by atoms with Crippen LogP contribution in [0.2, 0.25) is 0 Å². The SMILES string of the molecule is O=Cc1cc(=O)[nH]c(=O)n1[C@@H]1O[C@H](CO)C(O)C1O. The minimum atomic E-state index is -1.51. The summed E-state index contributed by atoms with van der Waals surface area (Å²) in [6.45, 7) is -0.566. The normalized spacial score (nSPS) is 30.5. The lowest BCUT2D eigenvalue weighted by Crippen LogP contribution is -2.39. The first kappa shape index (κ1) is 13.6. The Kier molecular flexibility index (Phi) is 3.62. The Bertz CT molecular complexity index is 592. The van der Waals surface area contributed by atoms with Crippen molar-refractivity contribution in [2.45, 2.75) is 24.5 Å². The summed E-state index contributed by atoms with van der Waals surface area (Å²) < 4.78 is 5.84. The highest BCUT2D eigenvalue weighted by molar-refractivity contribution is 5.71. The van der Waals surface area contributed by atoms with Gasteiger partial charge in [0.25, 0.3) is 5.56 Å². The van der Waals surface area contributed by atoms with E-state index in [1.54, 1.807) is 0 Å². The molecule has 2 rings (SSSR count). The predicted molar refractivity (Wildman–Crippen MR) is 59.7 cm³/mol. The van der Waals surface area contributed by atoms with Gasteiger partial charge < -0.3 is 20.1 Å². The number of aldehydes is 1. The molecule has 1 aromatic heterocycles. The minimum Gasteiger partial charge on any atom is -0.394 e. The minimum absolute atomic E-state index is 0.255. The number of aromatic amines is 1. The molecule has 2 unspecified atom stereocenters. The topological polar surface area (TPSA) is 142 Å². The van der Waals surface area contributed by atoms with E-state index in [1.807, 2.05) is 4.98 Å². The van der Waals surface area contributed by atoms with Gasteiger partial charge in [0.2, 0.25) is 0 Å². The van der Waals surface area contributed by atoms with Crippen LogP contribution in [0, 0.1) is 0 Å². The molecule has 1 saturated heterocycles. The Hall–Kier alpha value is -1.81. The highest BCUT2D eigenvalue weighted by Crippen LogP contribution is 2.28. The van der Waals surface area contributed by atoms with Crippen LogP contribution in [0.15, 0.2) is 15.7 Å². The molecule has 1 aliphatic heterocycles. The van der Waals surface area contributed by atoms with Crippen molar-refractivity contribution in [3.8, 4) is 0 Å². The molecule has 0 amide bonds. The number of aliphatic hydroxyl groups is 3. The second-order valence-electron chi connectivity index (χ2n) is 4.08. The van der Waals surface area contributed by atoms with Crippen LogP contribution in [-0.2, 0) is 4.74 Å². The molecule has 4 atom stereocenters. The Morgan fingerprint density at radius 1 is 1.37 bits per heavy atom. The third kappa shape index (κ3) is 2.24. The number of rotatable bonds is 3. The molecule has 1 aromatic rings. The molecule has 104 valence electrons. The summed E-state index contributed by atoms with van der Waals surface area (Å²) in [5.74, 6) is 0. The monoisotopic (exact) mass is 272 g/mol. The summed E-state index contributed by atoms with van der Waals surface area (Å²) in [7, 11) is 0. The molecule has 0 aliphatic carbocycles. The molecule has 1 aliphatic rings. The number of aromatic nitrogens is 2. The first-order valence-corrected chi connectivity index (χ1v) is 5.43. The van der Waals surface area contributed by atoms with Gasteiger partial charge in [-0.05, 0) is 0 Å². The van der Waals surface area contributed by atoms with Crippen molar-refractivity contribution < 1.29 is 24.9 Å². The molecule has 2 heterocycles. The van der Waals surface area contributed by atoms with Crippen LogP contribution >= 0.6 is 0 Å². The molecule has 0 spiro atoms. The number of ether oxygens (including phenoxy) is 1. The van der Waals surface area contributed by atoms with Crippen molar-refractivity contribution >= 4 is 6.29 Å². The van der Waals surface area contributed by atoms with Gasteiger partial charge in [0.05, 0.1) is 12.3 Å². The maximum absolute atomic E-state index is 11.7. The van der Waals surface area contributed by atoms with Gasteiger partial charge in [0, 0.05) is 6.07 Å². The van der Waals surface area contributed by atoms with E-state index in [0.717, 1.165) is 10.6 Å². The third-order valence-corrected chi connectivity index (χ3v) is 2.90. The van der Waals surface area contributed by atoms with Gasteiger partial charge in [-0.15, -0.1) is 0 Å². The smallest absolute Gasteiger partial charge is 0.331 e. The molecule has 4 N–H and O–H groups in total. The molecule has 0 radical (unpaired) electrons. The van der Waals surface area contributed by atoms with Crippen LogP contribution in [0.3, 0.4) is 0 Å². The molecule has 9 nitrogen and oxygen atoms in total. The first-order chi connectivity index (χ1) is 8.99. The number of carbonyl (C=O) groups excluding carboxylic acids is 1. The van der Waals surface area contributed by atoms with Gasteiger partial charge in [-0.3, -0.25) is 19.1 Å². The van der Waals surface area contributed by atoms with E-state index in [9.17, 15) is 24.6 Å². The highest BCUT2D eigenvalue weighted by Gasteiger charge is 2.44. The van der Waals surface area contributed by atoms with E-state index in [4.69, 9.17) is 9.84 Å². The number of nitrogens with zero attached hydrogens (tertiary/aromatic N) is 1. The molecule has 1 fully saturated rings. The van der Waals surface area contributed by atoms with Crippen molar-refractivity contribution in [2.24, 2.45) is 0 Å². The Morgan fingerprint density at radius 2 is 2.05 bits per heavy atom. The van der Waals surface area contributed by atoms with Crippen LogP contribution in [0.4, 0.5) is 0 Å². The van der Waals surface area contributed by atoms with E-state index >= 15 is 0 Å². The summed E-state index contributed by atoms with van der Waals surface area (Å²) in [6.07, 6.45) is -5.12. The van der Waals surface area contributed by atoms with E-state index in [2.05, 4.69) is 0 Å². The van der Waals surface area contributed by atoms with Crippen LogP contribution in [0.5, 0.6) is 0 Å². The standard InChI is InChI=1S/C10H12N2O7/c13-2-4-1-6(15)11-10(18)12(4)9-8(17)7(16)5(3-14)19-9/h1-2,5,7-9,14,16-17H,3H2,(H,11,15,18)/t5-,7?,8?,9-/m1/s1. The Labute approximate surface area is 105 Å². The molecule has 19 heavy (non-hydrogen) atoms. The van der Waals surface area contributed by atoms with Crippen molar-refractivity contribution in [2.75, 3.05) is 6.61 Å². The van der Waals surface area contributed by atoms with E-state index in [1.165, 1.54) is 0 Å². The second-order valence-corrected chi connectivity index (χ2v) is 4.08. The van der Waals surface area contributed by atoms with Gasteiger partial charge in [0.15, 0.2) is 12.5 Å². The zero-order chi connectivity index (χ0) is 14.2. The molecule has 0 saturated carbocycles. The number of carbonyl (C=O) groups is 1. The van der Waals surface area contributed by atoms with Crippen LogP contribution in [0.25, 0.3) is 0 Å². The molecule has 9 heteroatoms. The zero-order valence-electron chi connectivity index (χ0n) is 9.59. The quantitative estimate of drug-likeness (QED) is 0.428. The Balaban J connectivity index is 2.51. The van der Waals surface area contributed by atoms with Gasteiger partial charge in [-0.2, -0.15) is 0 Å². The predicted octanol–water partition coefficient (Wildman–Crippen LogP) is -3.04. The summed E-state index contributed by atoms with van der Waals surface area (Å²) in [5, 5.41) is 28.3. The largest absolute Gasteiger partial charge is 0.394 e. The zero-order valence-corrected chi connectivity index (χ0v) is 9.59. The lowest BCUT2D eigenvalue weighted by molar-refractivity contribution is -0.0555. The molecular formula is C10H12N2O7. The average Bonchev–Trinajstić information content (AvgIpc) is 2.65. The fraction of sp³-hybridized carbons (Fsp3) is 0.500. The number of aliphatic hydroxyl groups excluding tert-OH is 3. The maximum Gasteiger partial charge on any atom is 0.331 e.